The molecule has 1 amide bonds. The average molecular weight is 388 g/mol. The van der Waals surface area contributed by atoms with Crippen LogP contribution in [0.2, 0.25) is 0 Å². The van der Waals surface area contributed by atoms with Crippen LogP contribution in [0.1, 0.15) is 48.8 Å². The summed E-state index contributed by atoms with van der Waals surface area (Å²) >= 11 is 0. The number of rotatable bonds is 5. The highest BCUT2D eigenvalue weighted by Gasteiger charge is 2.17. The van der Waals surface area contributed by atoms with Crippen LogP contribution in [0.5, 0.6) is 0 Å². The van der Waals surface area contributed by atoms with Gasteiger partial charge in [-0.1, -0.05) is 0 Å². The van der Waals surface area contributed by atoms with E-state index in [4.69, 9.17) is 0 Å². The molecule has 0 bridgehead atoms. The van der Waals surface area contributed by atoms with E-state index in [1.54, 1.807) is 6.20 Å². The summed E-state index contributed by atoms with van der Waals surface area (Å²) in [5.41, 5.74) is 2.23. The van der Waals surface area contributed by atoms with Crippen molar-refractivity contribution in [1.82, 2.24) is 25.4 Å². The van der Waals surface area contributed by atoms with Gasteiger partial charge in [-0.2, -0.15) is 5.10 Å². The van der Waals surface area contributed by atoms with Gasteiger partial charge in [-0.15, -0.1) is 24.8 Å². The first-order chi connectivity index (χ1) is 11.1. The zero-order valence-corrected chi connectivity index (χ0v) is 16.5. The molecule has 3 rings (SSSR count). The molecule has 8 heteroatoms. The Balaban J connectivity index is 0.00000156. The number of carbonyl (C=O) groups is 1. The fraction of sp³-hybridized carbons (Fsp3) is 0.588. The molecule has 1 aliphatic heterocycles. The maximum absolute atomic E-state index is 12.4. The number of pyridine rings is 1. The van der Waals surface area contributed by atoms with Crippen molar-refractivity contribution in [2.75, 3.05) is 19.6 Å². The lowest BCUT2D eigenvalue weighted by molar-refractivity contribution is 0.0951. The molecule has 0 radical (unpaired) electrons. The number of carbonyl (C=O) groups excluding carboxylic acids is 1. The molecule has 0 spiro atoms. The van der Waals surface area contributed by atoms with E-state index in [1.165, 1.54) is 6.42 Å². The number of hydrogen-bond donors (Lipinski definition) is 2. The van der Waals surface area contributed by atoms with Gasteiger partial charge >= 0.3 is 0 Å². The largest absolute Gasteiger partial charge is 0.352 e. The van der Waals surface area contributed by atoms with Crippen LogP contribution in [0.25, 0.3) is 11.0 Å². The molecule has 1 fully saturated rings. The third-order valence-corrected chi connectivity index (χ3v) is 4.49. The Morgan fingerprint density at radius 1 is 1.44 bits per heavy atom. The number of hydrogen-bond acceptors (Lipinski definition) is 4. The second-order valence-electron chi connectivity index (χ2n) is 6.62. The Kier molecular flexibility index (Phi) is 8.12. The van der Waals surface area contributed by atoms with E-state index in [9.17, 15) is 4.79 Å². The molecule has 1 aliphatic rings. The van der Waals surface area contributed by atoms with Crippen molar-refractivity contribution in [2.45, 2.75) is 39.7 Å². The summed E-state index contributed by atoms with van der Waals surface area (Å²) in [5, 5.41) is 11.7. The van der Waals surface area contributed by atoms with E-state index in [0.717, 1.165) is 36.2 Å². The van der Waals surface area contributed by atoms with Gasteiger partial charge in [0.05, 0.1) is 17.5 Å². The third-order valence-electron chi connectivity index (χ3n) is 4.49. The monoisotopic (exact) mass is 387 g/mol. The number of amides is 1. The second-order valence-corrected chi connectivity index (χ2v) is 6.62. The van der Waals surface area contributed by atoms with E-state index < -0.39 is 0 Å². The summed E-state index contributed by atoms with van der Waals surface area (Å²) < 4.78 is 1.89. The summed E-state index contributed by atoms with van der Waals surface area (Å²) in [4.78, 5) is 17.0. The number of nitrogens with one attached hydrogen (secondary N) is 2. The maximum Gasteiger partial charge on any atom is 0.253 e. The fourth-order valence-corrected chi connectivity index (χ4v) is 3.12. The van der Waals surface area contributed by atoms with Crippen LogP contribution in [0.4, 0.5) is 0 Å². The van der Waals surface area contributed by atoms with Gasteiger partial charge in [0.1, 0.15) is 0 Å². The third kappa shape index (κ3) is 4.84. The number of aromatic nitrogens is 3. The minimum atomic E-state index is -0.0415. The molecule has 1 saturated heterocycles. The predicted molar refractivity (Wildman–Crippen MR) is 105 cm³/mol. The van der Waals surface area contributed by atoms with E-state index >= 15 is 0 Å². The number of fused-ring (bicyclic) bond motifs is 1. The van der Waals surface area contributed by atoms with Crippen LogP contribution in [-0.2, 0) is 0 Å². The zero-order chi connectivity index (χ0) is 16.4. The van der Waals surface area contributed by atoms with E-state index in [2.05, 4.69) is 34.6 Å². The van der Waals surface area contributed by atoms with Gasteiger partial charge < -0.3 is 10.6 Å². The minimum Gasteiger partial charge on any atom is -0.352 e. The first-order valence-electron chi connectivity index (χ1n) is 8.40. The zero-order valence-electron chi connectivity index (χ0n) is 14.9. The number of nitrogens with zero attached hydrogens (tertiary/aromatic N) is 3. The SMILES string of the molecule is Cc1nc2c(cnn2C(C)C)cc1C(=O)NCCC1CCNC1.Cl.Cl. The molecule has 0 saturated carbocycles. The molecule has 3 heterocycles. The molecule has 6 nitrogen and oxygen atoms in total. The Morgan fingerprint density at radius 3 is 2.84 bits per heavy atom. The molecule has 25 heavy (non-hydrogen) atoms. The average Bonchev–Trinajstić information content (AvgIpc) is 3.15. The molecule has 2 aromatic rings. The first kappa shape index (κ1) is 21.7. The van der Waals surface area contributed by atoms with Crippen LogP contribution >= 0.6 is 24.8 Å². The van der Waals surface area contributed by atoms with Crippen LogP contribution in [-0.4, -0.2) is 40.3 Å². The molecule has 1 unspecified atom stereocenters. The molecular formula is C17H27Cl2N5O. The summed E-state index contributed by atoms with van der Waals surface area (Å²) in [5.74, 6) is 0.640. The van der Waals surface area contributed by atoms with Crippen molar-refractivity contribution in [2.24, 2.45) is 5.92 Å². The van der Waals surface area contributed by atoms with Crippen molar-refractivity contribution in [3.05, 3.63) is 23.5 Å². The Labute approximate surface area is 161 Å². The Hall–Kier alpha value is -1.37. The number of aryl methyl sites for hydroxylation is 1. The van der Waals surface area contributed by atoms with Gasteiger partial charge in [0.25, 0.3) is 5.91 Å². The molecule has 1 atom stereocenters. The lowest BCUT2D eigenvalue weighted by atomic mass is 10.1. The van der Waals surface area contributed by atoms with Gasteiger partial charge in [-0.05, 0) is 58.7 Å². The lowest BCUT2D eigenvalue weighted by Crippen LogP contribution is -2.27. The van der Waals surface area contributed by atoms with Crippen molar-refractivity contribution >= 4 is 41.8 Å². The van der Waals surface area contributed by atoms with E-state index in [0.29, 0.717) is 18.0 Å². The van der Waals surface area contributed by atoms with Gasteiger partial charge in [-0.3, -0.25) is 4.79 Å². The highest BCUT2D eigenvalue weighted by molar-refractivity contribution is 5.98. The van der Waals surface area contributed by atoms with Crippen LogP contribution in [0.15, 0.2) is 12.3 Å². The Bertz CT molecular complexity index is 710. The molecule has 0 aliphatic carbocycles. The van der Waals surface area contributed by atoms with Gasteiger partial charge in [0, 0.05) is 18.0 Å². The standard InChI is InChI=1S/C17H25N5O.2ClH/c1-11(2)22-16-14(10-20-22)8-15(12(3)21-16)17(23)19-7-5-13-4-6-18-9-13;;/h8,10-11,13,18H,4-7,9H2,1-3H3,(H,19,23);2*1H. The van der Waals surface area contributed by atoms with Crippen molar-refractivity contribution in [3.8, 4) is 0 Å². The fourth-order valence-electron chi connectivity index (χ4n) is 3.12. The highest BCUT2D eigenvalue weighted by atomic mass is 35.5. The molecule has 2 N–H and O–H groups in total. The minimum absolute atomic E-state index is 0. The molecule has 2 aromatic heterocycles. The summed E-state index contributed by atoms with van der Waals surface area (Å²) in [7, 11) is 0. The summed E-state index contributed by atoms with van der Waals surface area (Å²) in [6.07, 6.45) is 4.01. The van der Waals surface area contributed by atoms with E-state index in [-0.39, 0.29) is 36.8 Å². The topological polar surface area (TPSA) is 71.8 Å². The normalized spacial score (nSPS) is 16.6. The van der Waals surface area contributed by atoms with Gasteiger partial charge in [0.15, 0.2) is 5.65 Å². The number of halogens is 2. The predicted octanol–water partition coefficient (Wildman–Crippen LogP) is 2.89. The van der Waals surface area contributed by atoms with Crippen molar-refractivity contribution in [3.63, 3.8) is 0 Å². The Morgan fingerprint density at radius 2 is 2.20 bits per heavy atom. The molecular weight excluding hydrogens is 361 g/mol. The summed E-state index contributed by atoms with van der Waals surface area (Å²) in [6, 6.07) is 2.15. The quantitative estimate of drug-likeness (QED) is 0.826. The van der Waals surface area contributed by atoms with Gasteiger partial charge in [0.2, 0.25) is 0 Å². The first-order valence-corrected chi connectivity index (χ1v) is 8.40. The molecule has 140 valence electrons. The van der Waals surface area contributed by atoms with E-state index in [1.807, 2.05) is 17.7 Å². The van der Waals surface area contributed by atoms with Crippen LogP contribution in [0.3, 0.4) is 0 Å². The van der Waals surface area contributed by atoms with Crippen molar-refractivity contribution in [1.29, 1.82) is 0 Å². The van der Waals surface area contributed by atoms with Crippen molar-refractivity contribution < 1.29 is 4.79 Å². The summed E-state index contributed by atoms with van der Waals surface area (Å²) in [6.45, 7) is 8.90. The lowest BCUT2D eigenvalue weighted by Gasteiger charge is -2.11. The van der Waals surface area contributed by atoms with Crippen LogP contribution < -0.4 is 10.6 Å². The van der Waals surface area contributed by atoms with Crippen LogP contribution in [0, 0.1) is 12.8 Å². The van der Waals surface area contributed by atoms with Gasteiger partial charge in [-0.25, -0.2) is 9.67 Å². The maximum atomic E-state index is 12.4. The molecule has 0 aromatic carbocycles. The smallest absolute Gasteiger partial charge is 0.253 e. The second kappa shape index (κ2) is 9.36. The highest BCUT2D eigenvalue weighted by Crippen LogP contribution is 2.19.